The summed E-state index contributed by atoms with van der Waals surface area (Å²) >= 11 is 0. The average molecular weight is 471 g/mol. The second-order valence-corrected chi connectivity index (χ2v) is 5.71. The van der Waals surface area contributed by atoms with Gasteiger partial charge in [-0.05, 0) is 36.2 Å². The topological polar surface area (TPSA) is 54.9 Å². The van der Waals surface area contributed by atoms with Crippen LogP contribution in [0.4, 0.5) is 10.1 Å². The standard InChI is InChI=1S/C19H22FN3O2.HI/c1-21-19(22-10-9-14-3-5-15(20)6-4-14)23-16-7-8-17-18(13-16)25-12-2-11-24-17;/h3-8,13H,2,9-12H2,1H3,(H2,21,22,23);1H. The summed E-state index contributed by atoms with van der Waals surface area (Å²) in [7, 11) is 1.72. The summed E-state index contributed by atoms with van der Waals surface area (Å²) in [4.78, 5) is 4.22. The number of nitrogens with zero attached hydrogens (tertiary/aromatic N) is 1. The maximum absolute atomic E-state index is 12.9. The predicted octanol–water partition coefficient (Wildman–Crippen LogP) is 3.84. The molecule has 2 aromatic carbocycles. The number of fused-ring (bicyclic) bond motifs is 1. The number of hydrogen-bond donors (Lipinski definition) is 2. The van der Waals surface area contributed by atoms with Crippen molar-refractivity contribution in [2.75, 3.05) is 32.1 Å². The fourth-order valence-corrected chi connectivity index (χ4v) is 2.53. The number of halogens is 2. The van der Waals surface area contributed by atoms with E-state index in [1.807, 2.05) is 18.2 Å². The van der Waals surface area contributed by atoms with Gasteiger partial charge in [-0.25, -0.2) is 4.39 Å². The van der Waals surface area contributed by atoms with Crippen molar-refractivity contribution < 1.29 is 13.9 Å². The van der Waals surface area contributed by atoms with Crippen LogP contribution in [-0.2, 0) is 6.42 Å². The number of aliphatic imine (C=N–C) groups is 1. The zero-order valence-electron chi connectivity index (χ0n) is 14.6. The molecule has 5 nitrogen and oxygen atoms in total. The van der Waals surface area contributed by atoms with Gasteiger partial charge in [0.15, 0.2) is 17.5 Å². The summed E-state index contributed by atoms with van der Waals surface area (Å²) in [5, 5.41) is 6.48. The first-order valence-electron chi connectivity index (χ1n) is 8.36. The lowest BCUT2D eigenvalue weighted by molar-refractivity contribution is 0.297. The summed E-state index contributed by atoms with van der Waals surface area (Å²) < 4.78 is 24.2. The van der Waals surface area contributed by atoms with E-state index in [4.69, 9.17) is 9.47 Å². The van der Waals surface area contributed by atoms with Crippen molar-refractivity contribution >= 4 is 35.6 Å². The second-order valence-electron chi connectivity index (χ2n) is 5.71. The lowest BCUT2D eigenvalue weighted by Gasteiger charge is -2.14. The molecule has 0 aromatic heterocycles. The van der Waals surface area contributed by atoms with Gasteiger partial charge in [0, 0.05) is 31.8 Å². The van der Waals surface area contributed by atoms with E-state index in [0.717, 1.165) is 35.6 Å². The maximum atomic E-state index is 12.9. The van der Waals surface area contributed by atoms with E-state index in [0.29, 0.717) is 25.7 Å². The van der Waals surface area contributed by atoms with Crippen LogP contribution in [0.3, 0.4) is 0 Å². The quantitative estimate of drug-likeness (QED) is 0.405. The molecule has 7 heteroatoms. The molecule has 0 saturated heterocycles. The minimum absolute atomic E-state index is 0. The summed E-state index contributed by atoms with van der Waals surface area (Å²) in [6, 6.07) is 12.3. The average Bonchev–Trinajstić information content (AvgIpc) is 2.87. The fourth-order valence-electron chi connectivity index (χ4n) is 2.53. The van der Waals surface area contributed by atoms with Crippen molar-refractivity contribution in [2.45, 2.75) is 12.8 Å². The molecule has 140 valence electrons. The molecular formula is C19H23FIN3O2. The number of ether oxygens (including phenoxy) is 2. The maximum Gasteiger partial charge on any atom is 0.195 e. The molecule has 0 aliphatic carbocycles. The predicted molar refractivity (Wildman–Crippen MR) is 113 cm³/mol. The van der Waals surface area contributed by atoms with Gasteiger partial charge >= 0.3 is 0 Å². The highest BCUT2D eigenvalue weighted by Crippen LogP contribution is 2.32. The van der Waals surface area contributed by atoms with Crippen molar-refractivity contribution in [3.63, 3.8) is 0 Å². The van der Waals surface area contributed by atoms with Crippen LogP contribution in [0.15, 0.2) is 47.5 Å². The van der Waals surface area contributed by atoms with Gasteiger partial charge in [-0.2, -0.15) is 0 Å². The normalized spacial score (nSPS) is 13.4. The number of anilines is 1. The van der Waals surface area contributed by atoms with Gasteiger partial charge in [-0.15, -0.1) is 24.0 Å². The van der Waals surface area contributed by atoms with Gasteiger partial charge in [-0.1, -0.05) is 12.1 Å². The van der Waals surface area contributed by atoms with Crippen LogP contribution in [-0.4, -0.2) is 32.8 Å². The summed E-state index contributed by atoms with van der Waals surface area (Å²) in [6.07, 6.45) is 1.66. The molecule has 3 rings (SSSR count). The Bertz CT molecular complexity index is 738. The Hall–Kier alpha value is -2.03. The summed E-state index contributed by atoms with van der Waals surface area (Å²) in [5.41, 5.74) is 1.94. The molecule has 0 radical (unpaired) electrons. The highest BCUT2D eigenvalue weighted by Gasteiger charge is 2.11. The molecule has 0 spiro atoms. The van der Waals surface area contributed by atoms with Crippen molar-refractivity contribution in [3.05, 3.63) is 53.8 Å². The van der Waals surface area contributed by atoms with Crippen LogP contribution in [0.1, 0.15) is 12.0 Å². The van der Waals surface area contributed by atoms with Crippen molar-refractivity contribution in [1.82, 2.24) is 5.32 Å². The zero-order valence-corrected chi connectivity index (χ0v) is 17.0. The highest BCUT2D eigenvalue weighted by atomic mass is 127. The third-order valence-electron chi connectivity index (χ3n) is 3.85. The molecule has 1 aliphatic heterocycles. The molecule has 0 fully saturated rings. The van der Waals surface area contributed by atoms with Gasteiger partial charge in [0.25, 0.3) is 0 Å². The molecular weight excluding hydrogens is 448 g/mol. The molecule has 1 aliphatic rings. The van der Waals surface area contributed by atoms with E-state index in [2.05, 4.69) is 15.6 Å². The smallest absolute Gasteiger partial charge is 0.195 e. The van der Waals surface area contributed by atoms with E-state index in [1.54, 1.807) is 19.2 Å². The van der Waals surface area contributed by atoms with E-state index in [-0.39, 0.29) is 29.8 Å². The Labute approximate surface area is 170 Å². The molecule has 2 aromatic rings. The monoisotopic (exact) mass is 471 g/mol. The van der Waals surface area contributed by atoms with E-state index >= 15 is 0 Å². The van der Waals surface area contributed by atoms with Gasteiger partial charge in [-0.3, -0.25) is 4.99 Å². The van der Waals surface area contributed by atoms with Crippen LogP contribution in [0.25, 0.3) is 0 Å². The largest absolute Gasteiger partial charge is 0.490 e. The third-order valence-corrected chi connectivity index (χ3v) is 3.85. The number of nitrogens with one attached hydrogen (secondary N) is 2. The van der Waals surface area contributed by atoms with Crippen molar-refractivity contribution in [3.8, 4) is 11.5 Å². The highest BCUT2D eigenvalue weighted by molar-refractivity contribution is 14.0. The number of guanidine groups is 1. The van der Waals surface area contributed by atoms with Crippen LogP contribution in [0.5, 0.6) is 11.5 Å². The summed E-state index contributed by atoms with van der Waals surface area (Å²) in [5.74, 6) is 1.95. The van der Waals surface area contributed by atoms with Gasteiger partial charge < -0.3 is 20.1 Å². The number of hydrogen-bond acceptors (Lipinski definition) is 3. The zero-order chi connectivity index (χ0) is 17.5. The molecule has 0 atom stereocenters. The molecule has 0 saturated carbocycles. The minimum atomic E-state index is -0.219. The molecule has 26 heavy (non-hydrogen) atoms. The van der Waals surface area contributed by atoms with Gasteiger partial charge in [0.2, 0.25) is 0 Å². The molecule has 2 N–H and O–H groups in total. The lowest BCUT2D eigenvalue weighted by Crippen LogP contribution is -2.32. The Morgan fingerprint density at radius 2 is 1.81 bits per heavy atom. The van der Waals surface area contributed by atoms with E-state index in [9.17, 15) is 4.39 Å². The number of benzene rings is 2. The Balaban J connectivity index is 0.00000243. The van der Waals surface area contributed by atoms with Crippen molar-refractivity contribution in [1.29, 1.82) is 0 Å². The van der Waals surface area contributed by atoms with E-state index in [1.165, 1.54) is 12.1 Å². The Morgan fingerprint density at radius 3 is 2.54 bits per heavy atom. The van der Waals surface area contributed by atoms with Crippen LogP contribution >= 0.6 is 24.0 Å². The van der Waals surface area contributed by atoms with Crippen LogP contribution in [0.2, 0.25) is 0 Å². The first-order chi connectivity index (χ1) is 12.2. The third kappa shape index (κ3) is 5.76. The van der Waals surface area contributed by atoms with Gasteiger partial charge in [0.05, 0.1) is 13.2 Å². The molecule has 0 bridgehead atoms. The van der Waals surface area contributed by atoms with Crippen molar-refractivity contribution in [2.24, 2.45) is 4.99 Å². The molecule has 0 unspecified atom stereocenters. The lowest BCUT2D eigenvalue weighted by atomic mass is 10.1. The minimum Gasteiger partial charge on any atom is -0.490 e. The number of rotatable bonds is 4. The van der Waals surface area contributed by atoms with Crippen LogP contribution < -0.4 is 20.1 Å². The first-order valence-corrected chi connectivity index (χ1v) is 8.36. The SMILES string of the molecule is CN=C(NCCc1ccc(F)cc1)Nc1ccc2c(c1)OCCCO2.I. The molecule has 0 amide bonds. The fraction of sp³-hybridized carbons (Fsp3) is 0.316. The molecule has 1 heterocycles. The van der Waals surface area contributed by atoms with Crippen LogP contribution in [0, 0.1) is 5.82 Å². The second kappa shape index (κ2) is 10.2. The summed E-state index contributed by atoms with van der Waals surface area (Å²) in [6.45, 7) is 2.02. The first kappa shape index (κ1) is 20.3. The van der Waals surface area contributed by atoms with E-state index < -0.39 is 0 Å². The van der Waals surface area contributed by atoms with Gasteiger partial charge in [0.1, 0.15) is 5.82 Å². The Morgan fingerprint density at radius 1 is 1.08 bits per heavy atom. The Kier molecular flexibility index (Phi) is 7.96.